The fourth-order valence-electron chi connectivity index (χ4n) is 7.76. The largest absolute Gasteiger partial charge is 0.487 e. The van der Waals surface area contributed by atoms with Crippen molar-refractivity contribution in [1.29, 1.82) is 0 Å². The van der Waals surface area contributed by atoms with Crippen LogP contribution >= 0.6 is 11.6 Å². The van der Waals surface area contributed by atoms with Gasteiger partial charge in [0.15, 0.2) is 0 Å². The molecule has 2 bridgehead atoms. The van der Waals surface area contributed by atoms with E-state index in [1.54, 1.807) is 25.1 Å². The number of amides is 1. The minimum atomic E-state index is -4.01. The number of aliphatic hydroxyl groups is 2. The lowest BCUT2D eigenvalue weighted by Crippen LogP contribution is -2.59. The zero-order valence-corrected chi connectivity index (χ0v) is 30.1. The zero-order valence-electron chi connectivity index (χ0n) is 28.5. The molecule has 4 aliphatic rings. The molecular formula is C37H50ClN3O7S. The van der Waals surface area contributed by atoms with E-state index in [0.29, 0.717) is 63.2 Å². The normalized spacial score (nSPS) is 31.9. The number of nitrogens with zero attached hydrogens (tertiary/aromatic N) is 2. The van der Waals surface area contributed by atoms with Crippen LogP contribution in [0.2, 0.25) is 5.02 Å². The number of aliphatic hydroxyl groups excluding tert-OH is 1. The predicted molar refractivity (Wildman–Crippen MR) is 191 cm³/mol. The molecule has 6 atom stereocenters. The van der Waals surface area contributed by atoms with Crippen molar-refractivity contribution in [2.45, 2.75) is 75.9 Å². The average Bonchev–Trinajstić information content (AvgIpc) is 3.09. The van der Waals surface area contributed by atoms with Gasteiger partial charge in [0.05, 0.1) is 42.4 Å². The molecule has 0 spiro atoms. The number of morpholine rings is 1. The van der Waals surface area contributed by atoms with E-state index in [9.17, 15) is 23.4 Å². The molecule has 1 aliphatic carbocycles. The van der Waals surface area contributed by atoms with E-state index in [4.69, 9.17) is 21.1 Å². The van der Waals surface area contributed by atoms with Crippen molar-refractivity contribution < 1.29 is 32.9 Å². The minimum absolute atomic E-state index is 0.0595. The number of ether oxygens (including phenoxy) is 2. The van der Waals surface area contributed by atoms with Crippen LogP contribution in [-0.2, 0) is 27.8 Å². The first-order chi connectivity index (χ1) is 23.5. The molecule has 2 aromatic carbocycles. The summed E-state index contributed by atoms with van der Waals surface area (Å²) in [6.45, 7) is 6.95. The average molecular weight is 716 g/mol. The minimum Gasteiger partial charge on any atom is -0.487 e. The number of halogens is 1. The van der Waals surface area contributed by atoms with Crippen LogP contribution in [0.15, 0.2) is 48.6 Å². The second kappa shape index (κ2) is 15.3. The SMILES string of the molecule is C[C@@H]1[C@@H](C)C/C=C/[C@@](O)(CN2CCOC[C@@H]2CO)[C@@H]2CC[C@H]2CN2CCCCc3cc(Cl)ccc3COc3ccc(cc32)C(=O)NS1(=O)=O. The molecule has 6 rings (SSSR count). The number of sulfonamides is 1. The summed E-state index contributed by atoms with van der Waals surface area (Å²) < 4.78 is 41.3. The van der Waals surface area contributed by atoms with E-state index in [2.05, 4.69) is 14.5 Å². The van der Waals surface area contributed by atoms with Gasteiger partial charge in [-0.2, -0.15) is 0 Å². The molecule has 0 aromatic heterocycles. The number of anilines is 1. The van der Waals surface area contributed by atoms with Crippen molar-refractivity contribution in [3.05, 3.63) is 70.3 Å². The molecule has 2 fully saturated rings. The van der Waals surface area contributed by atoms with Crippen LogP contribution in [0.5, 0.6) is 5.75 Å². The van der Waals surface area contributed by atoms with Crippen LogP contribution in [0.25, 0.3) is 0 Å². The number of allylic oxidation sites excluding steroid dienone is 1. The summed E-state index contributed by atoms with van der Waals surface area (Å²) in [5.41, 5.74) is 1.98. The molecule has 0 unspecified atom stereocenters. The van der Waals surface area contributed by atoms with Crippen molar-refractivity contribution in [3.8, 4) is 5.75 Å². The molecule has 1 saturated heterocycles. The second-order valence-corrected chi connectivity index (χ2v) is 16.9. The fourth-order valence-corrected chi connectivity index (χ4v) is 9.24. The van der Waals surface area contributed by atoms with E-state index in [1.807, 2.05) is 37.3 Å². The van der Waals surface area contributed by atoms with Crippen molar-refractivity contribution in [2.75, 3.05) is 50.9 Å². The first-order valence-corrected chi connectivity index (χ1v) is 19.6. The third-order valence-electron chi connectivity index (χ3n) is 11.2. The smallest absolute Gasteiger partial charge is 0.264 e. The Hall–Kier alpha value is -2.67. The lowest BCUT2D eigenvalue weighted by Gasteiger charge is -2.50. The van der Waals surface area contributed by atoms with E-state index in [0.717, 1.165) is 48.9 Å². The topological polar surface area (TPSA) is 129 Å². The Bertz CT molecular complexity index is 1640. The first-order valence-electron chi connectivity index (χ1n) is 17.6. The highest BCUT2D eigenvalue weighted by Crippen LogP contribution is 2.45. The van der Waals surface area contributed by atoms with Crippen LogP contribution in [0.1, 0.15) is 67.4 Å². The number of carbonyl (C=O) groups excluding carboxylic acids is 1. The Morgan fingerprint density at radius 1 is 1.08 bits per heavy atom. The number of rotatable bonds is 3. The standard InChI is InChI=1S/C37H50ClN3O7S/c1-25-6-5-14-37(44,24-41-16-17-47-23-32(41)21-42)33-12-9-29(33)20-40-15-4-3-7-27-18-31(38)11-8-30(27)22-48-35-13-10-28(19-34(35)40)36(43)39-49(45,46)26(25)2/h5,8,10-11,13-14,18-19,25-26,29,32-33,42,44H,3-4,6-7,9,12,15-17,20-24H2,1-2H3,(H,39,43)/b14-5+/t25-,26+,29-,32-,33+,37+/m0/s1. The highest BCUT2D eigenvalue weighted by atomic mass is 35.5. The summed E-state index contributed by atoms with van der Waals surface area (Å²) in [7, 11) is -4.01. The van der Waals surface area contributed by atoms with Crippen molar-refractivity contribution in [2.24, 2.45) is 17.8 Å². The number of nitrogens with one attached hydrogen (secondary N) is 1. The molecule has 1 amide bonds. The Morgan fingerprint density at radius 3 is 2.69 bits per heavy atom. The Labute approximate surface area is 295 Å². The lowest BCUT2D eigenvalue weighted by molar-refractivity contribution is -0.0995. The van der Waals surface area contributed by atoms with Gasteiger partial charge in [0.1, 0.15) is 12.4 Å². The van der Waals surface area contributed by atoms with Crippen molar-refractivity contribution in [3.63, 3.8) is 0 Å². The van der Waals surface area contributed by atoms with Crippen molar-refractivity contribution in [1.82, 2.24) is 9.62 Å². The summed E-state index contributed by atoms with van der Waals surface area (Å²) in [6, 6.07) is 10.8. The summed E-state index contributed by atoms with van der Waals surface area (Å²) in [6.07, 6.45) is 8.63. The second-order valence-electron chi connectivity index (χ2n) is 14.4. The highest BCUT2D eigenvalue weighted by molar-refractivity contribution is 7.90. The number of carbonyl (C=O) groups is 1. The maximum atomic E-state index is 13.5. The van der Waals surface area contributed by atoms with Gasteiger partial charge < -0.3 is 24.6 Å². The summed E-state index contributed by atoms with van der Waals surface area (Å²) >= 11 is 6.36. The third kappa shape index (κ3) is 8.13. The van der Waals surface area contributed by atoms with Crippen LogP contribution in [0.3, 0.4) is 0 Å². The van der Waals surface area contributed by atoms with Crippen molar-refractivity contribution >= 4 is 33.2 Å². The molecule has 0 radical (unpaired) electrons. The van der Waals surface area contributed by atoms with Gasteiger partial charge in [-0.25, -0.2) is 13.1 Å². The van der Waals surface area contributed by atoms with E-state index in [1.165, 1.54) is 0 Å². The number of β-amino-alcohol motifs (C(OH)–C–C–N with tert-alkyl or cyclic N) is 1. The van der Waals surface area contributed by atoms with Gasteiger partial charge in [0.2, 0.25) is 10.0 Å². The number of benzene rings is 2. The number of aryl methyl sites for hydroxylation is 1. The predicted octanol–water partition coefficient (Wildman–Crippen LogP) is 4.56. The Balaban J connectivity index is 1.39. The van der Waals surface area contributed by atoms with Crippen LogP contribution in [0, 0.1) is 17.8 Å². The molecule has 3 N–H and O–H groups in total. The van der Waals surface area contributed by atoms with Crippen LogP contribution in [-0.4, -0.2) is 92.3 Å². The van der Waals surface area contributed by atoms with E-state index >= 15 is 0 Å². The summed E-state index contributed by atoms with van der Waals surface area (Å²) in [5, 5.41) is 22.5. The third-order valence-corrected chi connectivity index (χ3v) is 13.4. The maximum Gasteiger partial charge on any atom is 0.264 e. The van der Waals surface area contributed by atoms with Gasteiger partial charge in [0.25, 0.3) is 5.91 Å². The zero-order chi connectivity index (χ0) is 34.8. The summed E-state index contributed by atoms with van der Waals surface area (Å²) in [4.78, 5) is 17.9. The van der Waals surface area contributed by atoms with Gasteiger partial charge >= 0.3 is 0 Å². The van der Waals surface area contributed by atoms with E-state index in [-0.39, 0.29) is 36.0 Å². The first kappa shape index (κ1) is 36.1. The van der Waals surface area contributed by atoms with Gasteiger partial charge in [-0.05, 0) is 105 Å². The lowest BCUT2D eigenvalue weighted by atomic mass is 9.64. The maximum absolute atomic E-state index is 13.5. The van der Waals surface area contributed by atoms with Gasteiger partial charge in [0, 0.05) is 36.8 Å². The quantitative estimate of drug-likeness (QED) is 0.392. The molecule has 268 valence electrons. The van der Waals surface area contributed by atoms with Gasteiger partial charge in [-0.1, -0.05) is 36.7 Å². The number of hydrogen-bond acceptors (Lipinski definition) is 9. The van der Waals surface area contributed by atoms with Gasteiger partial charge in [-0.15, -0.1) is 0 Å². The number of fused-ring (bicyclic) bond motifs is 3. The molecule has 3 heterocycles. The van der Waals surface area contributed by atoms with E-state index < -0.39 is 26.8 Å². The molecule has 1 saturated carbocycles. The monoisotopic (exact) mass is 715 g/mol. The van der Waals surface area contributed by atoms with Crippen LogP contribution in [0.4, 0.5) is 5.69 Å². The Kier molecular flexibility index (Phi) is 11.3. The Morgan fingerprint density at radius 2 is 1.92 bits per heavy atom. The molecule has 49 heavy (non-hydrogen) atoms. The number of hydrogen-bond donors (Lipinski definition) is 3. The highest BCUT2D eigenvalue weighted by Gasteiger charge is 2.47. The van der Waals surface area contributed by atoms with Crippen LogP contribution < -0.4 is 14.4 Å². The molecule has 12 heteroatoms. The fraction of sp³-hybridized carbons (Fsp3) is 0.595. The molecule has 3 aliphatic heterocycles. The summed E-state index contributed by atoms with van der Waals surface area (Å²) in [5.74, 6) is -0.289. The molecule has 10 nitrogen and oxygen atoms in total. The molecule has 2 aromatic rings. The molecular weight excluding hydrogens is 666 g/mol. The van der Waals surface area contributed by atoms with Gasteiger partial charge in [-0.3, -0.25) is 9.69 Å².